The Morgan fingerprint density at radius 2 is 2.09 bits per heavy atom. The number of para-hydroxylation sites is 1. The number of hydrogen-bond donors (Lipinski definition) is 1. The van der Waals surface area contributed by atoms with Crippen LogP contribution in [0.5, 0.6) is 0 Å². The third-order valence-corrected chi connectivity index (χ3v) is 4.82. The molecule has 0 saturated heterocycles. The van der Waals surface area contributed by atoms with Crippen molar-refractivity contribution < 1.29 is 4.79 Å². The highest BCUT2D eigenvalue weighted by Gasteiger charge is 2.06. The Kier molecular flexibility index (Phi) is 4.70. The van der Waals surface area contributed by atoms with E-state index in [0.29, 0.717) is 17.3 Å². The minimum Gasteiger partial charge on any atom is -0.302 e. The third kappa shape index (κ3) is 3.84. The van der Waals surface area contributed by atoms with Crippen molar-refractivity contribution in [1.29, 1.82) is 0 Å². The van der Waals surface area contributed by atoms with Gasteiger partial charge in [-0.25, -0.2) is 9.97 Å². The number of amides is 1. The van der Waals surface area contributed by atoms with Crippen molar-refractivity contribution in [3.63, 3.8) is 0 Å². The van der Waals surface area contributed by atoms with Crippen molar-refractivity contribution in [3.8, 4) is 0 Å². The minimum absolute atomic E-state index is 0.0114. The lowest BCUT2D eigenvalue weighted by atomic mass is 10.2. The molecule has 2 heterocycles. The summed E-state index contributed by atoms with van der Waals surface area (Å²) in [5.74, 6) is 0.685. The molecule has 6 heteroatoms. The van der Waals surface area contributed by atoms with Crippen LogP contribution in [0.15, 0.2) is 46.8 Å². The van der Waals surface area contributed by atoms with Crippen LogP contribution in [0.3, 0.4) is 0 Å². The van der Waals surface area contributed by atoms with Gasteiger partial charge in [0.1, 0.15) is 0 Å². The van der Waals surface area contributed by atoms with Gasteiger partial charge in [0.15, 0.2) is 5.13 Å². The molecule has 22 heavy (non-hydrogen) atoms. The quantitative estimate of drug-likeness (QED) is 0.715. The van der Waals surface area contributed by atoms with E-state index in [9.17, 15) is 4.79 Å². The molecule has 0 radical (unpaired) electrons. The lowest BCUT2D eigenvalue weighted by Crippen LogP contribution is -2.11. The lowest BCUT2D eigenvalue weighted by Gasteiger charge is -2.03. The second-order valence-electron chi connectivity index (χ2n) is 4.78. The number of hydrogen-bond acceptors (Lipinski definition) is 5. The number of thiazole rings is 1. The first-order valence-corrected chi connectivity index (χ1v) is 8.78. The number of fused-ring (bicyclic) bond motifs is 1. The molecule has 2 aromatic heterocycles. The monoisotopic (exact) mass is 329 g/mol. The van der Waals surface area contributed by atoms with E-state index < -0.39 is 0 Å². The molecule has 4 nitrogen and oxygen atoms in total. The molecule has 0 aliphatic carbocycles. The molecule has 0 unspecified atom stereocenters. The highest BCUT2D eigenvalue weighted by molar-refractivity contribution is 7.99. The molecule has 0 bridgehead atoms. The first-order chi connectivity index (χ1) is 10.7. The number of rotatable bonds is 5. The normalized spacial score (nSPS) is 10.8. The molecule has 112 valence electrons. The summed E-state index contributed by atoms with van der Waals surface area (Å²) in [4.78, 5) is 20.6. The topological polar surface area (TPSA) is 54.9 Å². The maximum absolute atomic E-state index is 11.8. The molecule has 0 aliphatic heterocycles. The largest absolute Gasteiger partial charge is 0.302 e. The Morgan fingerprint density at radius 3 is 2.91 bits per heavy atom. The fourth-order valence-electron chi connectivity index (χ4n) is 1.97. The second kappa shape index (κ2) is 6.89. The number of carbonyl (C=O) groups is 1. The average Bonchev–Trinajstić information content (AvgIpc) is 2.92. The fourth-order valence-corrected chi connectivity index (χ4v) is 3.50. The van der Waals surface area contributed by atoms with Gasteiger partial charge in [-0.1, -0.05) is 24.3 Å². The fraction of sp³-hybridized carbons (Fsp3) is 0.188. The van der Waals surface area contributed by atoms with Gasteiger partial charge < -0.3 is 5.32 Å². The summed E-state index contributed by atoms with van der Waals surface area (Å²) in [6, 6.07) is 12.1. The molecular formula is C16H15N3OS2. The lowest BCUT2D eigenvalue weighted by molar-refractivity contribution is -0.115. The summed E-state index contributed by atoms with van der Waals surface area (Å²) in [6.45, 7) is 1.91. The Bertz CT molecular complexity index is 801. The van der Waals surface area contributed by atoms with Crippen LogP contribution >= 0.6 is 23.1 Å². The van der Waals surface area contributed by atoms with Gasteiger partial charge in [-0.05, 0) is 19.1 Å². The zero-order chi connectivity index (χ0) is 15.4. The van der Waals surface area contributed by atoms with Crippen molar-refractivity contribution in [2.75, 3.05) is 11.1 Å². The Morgan fingerprint density at radius 1 is 1.23 bits per heavy atom. The van der Waals surface area contributed by atoms with Crippen molar-refractivity contribution in [1.82, 2.24) is 9.97 Å². The summed E-state index contributed by atoms with van der Waals surface area (Å²) >= 11 is 3.04. The van der Waals surface area contributed by atoms with Crippen molar-refractivity contribution >= 4 is 45.0 Å². The second-order valence-corrected chi connectivity index (χ2v) is 6.76. The van der Waals surface area contributed by atoms with Crippen molar-refractivity contribution in [2.24, 2.45) is 0 Å². The standard InChI is InChI=1S/C16H15N3OS2/c1-11-10-22-16(17-11)19-14(20)8-9-21-15-7-6-12-4-2-3-5-13(12)18-15/h2-7,10H,8-9H2,1H3,(H,17,19,20). The van der Waals surface area contributed by atoms with Crippen LogP contribution in [0.2, 0.25) is 0 Å². The SMILES string of the molecule is Cc1csc(NC(=O)CCSc2ccc3ccccc3n2)n1. The van der Waals surface area contributed by atoms with Crippen LogP contribution in [0.4, 0.5) is 5.13 Å². The molecule has 0 aliphatic rings. The number of nitrogens with one attached hydrogen (secondary N) is 1. The minimum atomic E-state index is -0.0114. The molecule has 0 spiro atoms. The summed E-state index contributed by atoms with van der Waals surface area (Å²) in [5.41, 5.74) is 1.91. The first kappa shape index (κ1) is 15.0. The van der Waals surface area contributed by atoms with E-state index in [4.69, 9.17) is 0 Å². The number of anilines is 1. The van der Waals surface area contributed by atoms with Crippen LogP contribution in [0.1, 0.15) is 12.1 Å². The van der Waals surface area contributed by atoms with E-state index in [1.807, 2.05) is 42.6 Å². The van der Waals surface area contributed by atoms with Crippen LogP contribution < -0.4 is 5.32 Å². The number of aryl methyl sites for hydroxylation is 1. The van der Waals surface area contributed by atoms with E-state index in [0.717, 1.165) is 21.6 Å². The van der Waals surface area contributed by atoms with E-state index in [1.54, 1.807) is 11.8 Å². The Hall–Kier alpha value is -1.92. The van der Waals surface area contributed by atoms with Gasteiger partial charge in [0.2, 0.25) is 5.91 Å². The number of pyridine rings is 1. The van der Waals surface area contributed by atoms with Gasteiger partial charge in [-0.15, -0.1) is 23.1 Å². The van der Waals surface area contributed by atoms with E-state index in [-0.39, 0.29) is 5.91 Å². The van der Waals surface area contributed by atoms with Gasteiger partial charge in [-0.2, -0.15) is 0 Å². The molecule has 1 amide bonds. The number of carbonyl (C=O) groups excluding carboxylic acids is 1. The predicted octanol–water partition coefficient (Wildman–Crippen LogP) is 4.12. The van der Waals surface area contributed by atoms with Gasteiger partial charge >= 0.3 is 0 Å². The Labute approximate surface area is 137 Å². The zero-order valence-corrected chi connectivity index (χ0v) is 13.7. The predicted molar refractivity (Wildman–Crippen MR) is 92.6 cm³/mol. The number of thioether (sulfide) groups is 1. The summed E-state index contributed by atoms with van der Waals surface area (Å²) in [6.07, 6.45) is 0.442. The van der Waals surface area contributed by atoms with Crippen molar-refractivity contribution in [2.45, 2.75) is 18.4 Å². The molecule has 3 rings (SSSR count). The number of aromatic nitrogens is 2. The van der Waals surface area contributed by atoms with Gasteiger partial charge in [-0.3, -0.25) is 4.79 Å². The van der Waals surface area contributed by atoms with Crippen LogP contribution in [0.25, 0.3) is 10.9 Å². The van der Waals surface area contributed by atoms with Crippen LogP contribution in [-0.2, 0) is 4.79 Å². The van der Waals surface area contributed by atoms with Gasteiger partial charge in [0.25, 0.3) is 0 Å². The molecule has 3 aromatic rings. The molecule has 1 N–H and O–H groups in total. The molecule has 0 saturated carbocycles. The summed E-state index contributed by atoms with van der Waals surface area (Å²) < 4.78 is 0. The molecule has 0 atom stereocenters. The van der Waals surface area contributed by atoms with Gasteiger partial charge in [0.05, 0.1) is 16.2 Å². The zero-order valence-electron chi connectivity index (χ0n) is 12.1. The van der Waals surface area contributed by atoms with E-state index >= 15 is 0 Å². The number of benzene rings is 1. The van der Waals surface area contributed by atoms with Crippen molar-refractivity contribution in [3.05, 3.63) is 47.5 Å². The average molecular weight is 329 g/mol. The summed E-state index contributed by atoms with van der Waals surface area (Å²) in [5, 5.41) is 7.47. The van der Waals surface area contributed by atoms with Crippen LogP contribution in [-0.4, -0.2) is 21.6 Å². The smallest absolute Gasteiger partial charge is 0.226 e. The maximum Gasteiger partial charge on any atom is 0.226 e. The van der Waals surface area contributed by atoms with E-state index in [2.05, 4.69) is 21.4 Å². The highest BCUT2D eigenvalue weighted by Crippen LogP contribution is 2.21. The van der Waals surface area contributed by atoms with E-state index in [1.165, 1.54) is 11.3 Å². The first-order valence-electron chi connectivity index (χ1n) is 6.91. The third-order valence-electron chi connectivity index (χ3n) is 3.02. The molecule has 1 aromatic carbocycles. The summed E-state index contributed by atoms with van der Waals surface area (Å²) in [7, 11) is 0. The number of nitrogens with zero attached hydrogens (tertiary/aromatic N) is 2. The van der Waals surface area contributed by atoms with Crippen LogP contribution in [0, 0.1) is 6.92 Å². The van der Waals surface area contributed by atoms with Gasteiger partial charge in [0, 0.05) is 22.9 Å². The Balaban J connectivity index is 1.52. The maximum atomic E-state index is 11.8. The molecule has 0 fully saturated rings. The molecular weight excluding hydrogens is 314 g/mol. The highest BCUT2D eigenvalue weighted by atomic mass is 32.2.